The summed E-state index contributed by atoms with van der Waals surface area (Å²) in [7, 11) is 0. The normalized spacial score (nSPS) is 25.5. The monoisotopic (exact) mass is 204 g/mol. The number of carbonyl (C=O) groups excluding carboxylic acids is 1. The Morgan fingerprint density at radius 2 is 2.27 bits per heavy atom. The van der Waals surface area contributed by atoms with E-state index in [2.05, 4.69) is 4.98 Å². The quantitative estimate of drug-likeness (QED) is 0.746. The molecule has 1 saturated carbocycles. The first-order valence-electron chi connectivity index (χ1n) is 5.38. The van der Waals surface area contributed by atoms with Gasteiger partial charge in [-0.25, -0.2) is 0 Å². The average Bonchev–Trinajstić information content (AvgIpc) is 2.64. The number of pyridine rings is 1. The van der Waals surface area contributed by atoms with Gasteiger partial charge in [0.05, 0.1) is 0 Å². The molecule has 1 aromatic rings. The minimum absolute atomic E-state index is 0.114. The molecule has 1 aliphatic rings. The van der Waals surface area contributed by atoms with Gasteiger partial charge in [0, 0.05) is 29.9 Å². The molecule has 0 aliphatic heterocycles. The average molecular weight is 204 g/mol. The van der Waals surface area contributed by atoms with E-state index in [1.54, 1.807) is 12.4 Å². The number of Topliss-reactive ketones (excluding diaryl/α,β-unsaturated/α-hetero) is 1. The first-order valence-corrected chi connectivity index (χ1v) is 5.38. The molecule has 0 saturated heterocycles. The highest BCUT2D eigenvalue weighted by atomic mass is 16.1. The topological polar surface area (TPSA) is 56.0 Å². The Bertz CT molecular complexity index is 376. The molecule has 2 rings (SSSR count). The minimum Gasteiger partial charge on any atom is -0.328 e. The summed E-state index contributed by atoms with van der Waals surface area (Å²) in [6.45, 7) is 1.95. The molecule has 0 spiro atoms. The van der Waals surface area contributed by atoms with Gasteiger partial charge in [0.25, 0.3) is 0 Å². The Balaban J connectivity index is 2.14. The van der Waals surface area contributed by atoms with Crippen LogP contribution in [-0.4, -0.2) is 16.8 Å². The van der Waals surface area contributed by atoms with Gasteiger partial charge in [-0.2, -0.15) is 0 Å². The largest absolute Gasteiger partial charge is 0.328 e. The number of aromatic nitrogens is 1. The standard InChI is InChI=1S/C12H16N2O/c1-8-4-10(7-14-6-8)12(15)9-2-3-11(13)5-9/h4,6-7,9,11H,2-3,5,13H2,1H3. The third-order valence-electron chi connectivity index (χ3n) is 3.00. The number of ketones is 1. The molecular weight excluding hydrogens is 188 g/mol. The van der Waals surface area contributed by atoms with Crippen LogP contribution in [0.2, 0.25) is 0 Å². The highest BCUT2D eigenvalue weighted by molar-refractivity contribution is 5.97. The maximum atomic E-state index is 12.0. The van der Waals surface area contributed by atoms with Crippen molar-refractivity contribution in [2.24, 2.45) is 11.7 Å². The van der Waals surface area contributed by atoms with Crippen molar-refractivity contribution in [3.8, 4) is 0 Å². The summed E-state index contributed by atoms with van der Waals surface area (Å²) in [6, 6.07) is 2.11. The van der Waals surface area contributed by atoms with Gasteiger partial charge in [0.15, 0.2) is 5.78 Å². The molecule has 1 aromatic heterocycles. The summed E-state index contributed by atoms with van der Waals surface area (Å²) >= 11 is 0. The lowest BCUT2D eigenvalue weighted by Crippen LogP contribution is -2.18. The van der Waals surface area contributed by atoms with Crippen LogP contribution in [0, 0.1) is 12.8 Å². The van der Waals surface area contributed by atoms with Gasteiger partial charge < -0.3 is 5.73 Å². The van der Waals surface area contributed by atoms with Crippen molar-refractivity contribution in [1.29, 1.82) is 0 Å². The molecule has 1 heterocycles. The van der Waals surface area contributed by atoms with Crippen molar-refractivity contribution in [1.82, 2.24) is 4.98 Å². The fraction of sp³-hybridized carbons (Fsp3) is 0.500. The number of carbonyl (C=O) groups is 1. The fourth-order valence-corrected chi connectivity index (χ4v) is 2.18. The lowest BCUT2D eigenvalue weighted by molar-refractivity contribution is 0.0921. The number of hydrogen-bond donors (Lipinski definition) is 1. The van der Waals surface area contributed by atoms with Crippen LogP contribution in [0.5, 0.6) is 0 Å². The summed E-state index contributed by atoms with van der Waals surface area (Å²) in [5.41, 5.74) is 7.56. The van der Waals surface area contributed by atoms with Crippen molar-refractivity contribution in [2.75, 3.05) is 0 Å². The van der Waals surface area contributed by atoms with E-state index >= 15 is 0 Å². The van der Waals surface area contributed by atoms with E-state index in [4.69, 9.17) is 5.73 Å². The van der Waals surface area contributed by atoms with Gasteiger partial charge in [0.1, 0.15) is 0 Å². The molecule has 15 heavy (non-hydrogen) atoms. The molecule has 3 nitrogen and oxygen atoms in total. The molecule has 0 bridgehead atoms. The first-order chi connectivity index (χ1) is 7.16. The molecule has 3 heteroatoms. The van der Waals surface area contributed by atoms with Crippen LogP contribution in [0.1, 0.15) is 35.2 Å². The molecule has 2 unspecified atom stereocenters. The Morgan fingerprint density at radius 1 is 1.47 bits per heavy atom. The van der Waals surface area contributed by atoms with E-state index < -0.39 is 0 Å². The lowest BCUT2D eigenvalue weighted by atomic mass is 9.96. The number of rotatable bonds is 2. The molecule has 0 amide bonds. The van der Waals surface area contributed by atoms with Crippen LogP contribution in [0.3, 0.4) is 0 Å². The molecule has 1 fully saturated rings. The number of nitrogens with two attached hydrogens (primary N) is 1. The third kappa shape index (κ3) is 2.23. The summed E-state index contributed by atoms with van der Waals surface area (Å²) in [4.78, 5) is 16.1. The molecule has 2 atom stereocenters. The second-order valence-electron chi connectivity index (χ2n) is 4.39. The zero-order valence-electron chi connectivity index (χ0n) is 8.94. The fourth-order valence-electron chi connectivity index (χ4n) is 2.18. The van der Waals surface area contributed by atoms with Crippen LogP contribution in [0.15, 0.2) is 18.5 Å². The van der Waals surface area contributed by atoms with Crippen molar-refractivity contribution in [3.05, 3.63) is 29.6 Å². The summed E-state index contributed by atoms with van der Waals surface area (Å²) in [5, 5.41) is 0. The number of aryl methyl sites for hydroxylation is 1. The highest BCUT2D eigenvalue weighted by Crippen LogP contribution is 2.27. The Morgan fingerprint density at radius 3 is 2.87 bits per heavy atom. The predicted octanol–water partition coefficient (Wildman–Crippen LogP) is 1.70. The van der Waals surface area contributed by atoms with Crippen LogP contribution in [0.25, 0.3) is 0 Å². The van der Waals surface area contributed by atoms with Crippen LogP contribution in [-0.2, 0) is 0 Å². The first kappa shape index (κ1) is 10.3. The van der Waals surface area contributed by atoms with Crippen molar-refractivity contribution < 1.29 is 4.79 Å². The summed E-state index contributed by atoms with van der Waals surface area (Å²) in [6.07, 6.45) is 6.13. The lowest BCUT2D eigenvalue weighted by Gasteiger charge is -2.08. The van der Waals surface area contributed by atoms with Crippen molar-refractivity contribution >= 4 is 5.78 Å². The summed E-state index contributed by atoms with van der Waals surface area (Å²) < 4.78 is 0. The van der Waals surface area contributed by atoms with Crippen LogP contribution < -0.4 is 5.73 Å². The maximum Gasteiger partial charge on any atom is 0.167 e. The van der Waals surface area contributed by atoms with Crippen molar-refractivity contribution in [2.45, 2.75) is 32.2 Å². The zero-order chi connectivity index (χ0) is 10.8. The SMILES string of the molecule is Cc1cncc(C(=O)C2CCC(N)C2)c1. The molecule has 0 aromatic carbocycles. The Kier molecular flexibility index (Phi) is 2.82. The third-order valence-corrected chi connectivity index (χ3v) is 3.00. The maximum absolute atomic E-state index is 12.0. The van der Waals surface area contributed by atoms with E-state index in [1.165, 1.54) is 0 Å². The second kappa shape index (κ2) is 4.11. The summed E-state index contributed by atoms with van der Waals surface area (Å²) in [5.74, 6) is 0.322. The molecule has 1 aliphatic carbocycles. The van der Waals surface area contributed by atoms with E-state index in [1.807, 2.05) is 13.0 Å². The van der Waals surface area contributed by atoms with Gasteiger partial charge in [-0.3, -0.25) is 9.78 Å². The van der Waals surface area contributed by atoms with E-state index in [-0.39, 0.29) is 17.7 Å². The number of hydrogen-bond acceptors (Lipinski definition) is 3. The van der Waals surface area contributed by atoms with Crippen LogP contribution in [0.4, 0.5) is 0 Å². The van der Waals surface area contributed by atoms with Crippen molar-refractivity contribution in [3.63, 3.8) is 0 Å². The van der Waals surface area contributed by atoms with Gasteiger partial charge in [-0.05, 0) is 37.8 Å². The molecular formula is C12H16N2O. The molecule has 0 radical (unpaired) electrons. The van der Waals surface area contributed by atoms with E-state index in [0.717, 1.165) is 30.4 Å². The Hall–Kier alpha value is -1.22. The predicted molar refractivity (Wildman–Crippen MR) is 58.6 cm³/mol. The zero-order valence-corrected chi connectivity index (χ0v) is 8.94. The molecule has 2 N–H and O–H groups in total. The Labute approximate surface area is 89.7 Å². The molecule has 80 valence electrons. The number of nitrogens with zero attached hydrogens (tertiary/aromatic N) is 1. The smallest absolute Gasteiger partial charge is 0.167 e. The highest BCUT2D eigenvalue weighted by Gasteiger charge is 2.28. The van der Waals surface area contributed by atoms with Crippen LogP contribution >= 0.6 is 0 Å². The van der Waals surface area contributed by atoms with Gasteiger partial charge in [-0.15, -0.1) is 0 Å². The van der Waals surface area contributed by atoms with E-state index in [9.17, 15) is 4.79 Å². The van der Waals surface area contributed by atoms with Gasteiger partial charge in [0.2, 0.25) is 0 Å². The minimum atomic E-state index is 0.114. The second-order valence-corrected chi connectivity index (χ2v) is 4.39. The van der Waals surface area contributed by atoms with Gasteiger partial charge >= 0.3 is 0 Å². The van der Waals surface area contributed by atoms with Gasteiger partial charge in [-0.1, -0.05) is 0 Å². The van der Waals surface area contributed by atoms with E-state index in [0.29, 0.717) is 0 Å².